The van der Waals surface area contributed by atoms with Crippen LogP contribution in [0, 0.1) is 0 Å². The molecule has 0 aromatic rings. The summed E-state index contributed by atoms with van der Waals surface area (Å²) < 4.78 is 11.9. The van der Waals surface area contributed by atoms with Crippen LogP contribution in [-0.4, -0.2) is 33.4 Å². The molecule has 7 heteroatoms. The van der Waals surface area contributed by atoms with E-state index in [-0.39, 0.29) is 12.1 Å². The van der Waals surface area contributed by atoms with Gasteiger partial charge in [0.15, 0.2) is 0 Å². The van der Waals surface area contributed by atoms with Crippen LogP contribution in [0.1, 0.15) is 6.42 Å². The van der Waals surface area contributed by atoms with Crippen LogP contribution in [0.4, 0.5) is 3.89 Å². The lowest BCUT2D eigenvalue weighted by molar-refractivity contribution is -0.139. The molecule has 0 radical (unpaired) electrons. The van der Waals surface area contributed by atoms with Crippen molar-refractivity contribution in [1.82, 2.24) is 0 Å². The summed E-state index contributed by atoms with van der Waals surface area (Å²) in [4.78, 5) is 20.3. The average molecular weight is 197 g/mol. The zero-order chi connectivity index (χ0) is 9.72. The van der Waals surface area contributed by atoms with Crippen molar-refractivity contribution >= 4 is 24.1 Å². The molecule has 0 aromatic carbocycles. The highest BCUT2D eigenvalue weighted by atomic mass is 32.2. The van der Waals surface area contributed by atoms with Gasteiger partial charge in [0.1, 0.15) is 6.04 Å². The molecule has 0 saturated heterocycles. The Balaban J connectivity index is 4.14. The Morgan fingerprint density at radius 2 is 2.00 bits per heavy atom. The summed E-state index contributed by atoms with van der Waals surface area (Å²) in [5, 5.41) is 15.3. The predicted molar refractivity (Wildman–Crippen MR) is 40.4 cm³/mol. The average Bonchev–Trinajstić information content (AvgIpc) is 1.98. The molecule has 0 aliphatic heterocycles. The molecule has 0 aliphatic rings. The van der Waals surface area contributed by atoms with Crippen LogP contribution in [0.5, 0.6) is 0 Å². The second kappa shape index (κ2) is 4.94. The van der Waals surface area contributed by atoms with Gasteiger partial charge >= 0.3 is 11.9 Å². The zero-order valence-electron chi connectivity index (χ0n) is 5.94. The SMILES string of the molecule is NC(C(=O)O)C(CC(=O)O)SF. The fraction of sp³-hybridized carbons (Fsp3) is 0.600. The summed E-state index contributed by atoms with van der Waals surface area (Å²) >= 11 is -0.352. The Kier molecular flexibility index (Phi) is 4.60. The standard InChI is InChI=1S/C5H8FNO4S/c6-12-2(1-3(8)9)4(7)5(10)11/h2,4H,1,7H2,(H,8,9)(H,10,11). The molecule has 0 fully saturated rings. The number of hydrogen-bond donors (Lipinski definition) is 3. The van der Waals surface area contributed by atoms with Crippen LogP contribution in [0.2, 0.25) is 0 Å². The number of carbonyl (C=O) groups is 2. The maximum Gasteiger partial charge on any atom is 0.321 e. The van der Waals surface area contributed by atoms with Gasteiger partial charge in [-0.15, -0.1) is 0 Å². The van der Waals surface area contributed by atoms with Gasteiger partial charge < -0.3 is 15.9 Å². The number of carboxylic acid groups (broad SMARTS) is 2. The Morgan fingerprint density at radius 3 is 2.25 bits per heavy atom. The van der Waals surface area contributed by atoms with E-state index < -0.39 is 29.7 Å². The molecule has 0 heterocycles. The molecule has 0 aliphatic carbocycles. The van der Waals surface area contributed by atoms with Gasteiger partial charge in [-0.2, -0.15) is 3.89 Å². The third-order valence-corrected chi connectivity index (χ3v) is 1.86. The molecule has 12 heavy (non-hydrogen) atoms. The van der Waals surface area contributed by atoms with Gasteiger partial charge in [-0.1, -0.05) is 0 Å². The minimum Gasteiger partial charge on any atom is -0.481 e. The summed E-state index contributed by atoms with van der Waals surface area (Å²) in [6.07, 6.45) is -0.603. The third kappa shape index (κ3) is 3.54. The van der Waals surface area contributed by atoms with Gasteiger partial charge in [0.05, 0.1) is 23.8 Å². The molecular weight excluding hydrogens is 189 g/mol. The minimum absolute atomic E-state index is 0.352. The third-order valence-electron chi connectivity index (χ3n) is 1.18. The van der Waals surface area contributed by atoms with Crippen molar-refractivity contribution in [3.05, 3.63) is 0 Å². The number of hydrogen-bond acceptors (Lipinski definition) is 4. The topological polar surface area (TPSA) is 101 Å². The lowest BCUT2D eigenvalue weighted by Gasteiger charge is -2.12. The van der Waals surface area contributed by atoms with E-state index in [2.05, 4.69) is 0 Å². The fourth-order valence-electron chi connectivity index (χ4n) is 0.545. The predicted octanol–water partition coefficient (Wildman–Crippen LogP) is -0.141. The van der Waals surface area contributed by atoms with Gasteiger partial charge in [0, 0.05) is 0 Å². The summed E-state index contributed by atoms with van der Waals surface area (Å²) in [6, 6.07) is -1.49. The van der Waals surface area contributed by atoms with Crippen molar-refractivity contribution in [2.45, 2.75) is 17.7 Å². The molecule has 0 spiro atoms. The molecule has 0 amide bonds. The van der Waals surface area contributed by atoms with Crippen molar-refractivity contribution in [2.24, 2.45) is 5.73 Å². The van der Waals surface area contributed by atoms with Crippen LogP contribution in [-0.2, 0) is 9.59 Å². The molecule has 2 atom stereocenters. The van der Waals surface area contributed by atoms with Crippen LogP contribution >= 0.6 is 12.1 Å². The molecule has 70 valence electrons. The van der Waals surface area contributed by atoms with E-state index in [0.29, 0.717) is 0 Å². The Hall–Kier alpha value is -0.820. The molecular formula is C5H8FNO4S. The van der Waals surface area contributed by atoms with E-state index in [1.54, 1.807) is 0 Å². The summed E-state index contributed by atoms with van der Waals surface area (Å²) in [5.41, 5.74) is 5.00. The van der Waals surface area contributed by atoms with Crippen LogP contribution in [0.3, 0.4) is 0 Å². The summed E-state index contributed by atoms with van der Waals surface area (Å²) in [6.45, 7) is 0. The quantitative estimate of drug-likeness (QED) is 0.567. The molecule has 2 unspecified atom stereocenters. The maximum absolute atomic E-state index is 11.9. The minimum atomic E-state index is -1.49. The number of halogens is 1. The maximum atomic E-state index is 11.9. The normalized spacial score (nSPS) is 15.2. The molecule has 0 bridgehead atoms. The first-order valence-electron chi connectivity index (χ1n) is 2.96. The lowest BCUT2D eigenvalue weighted by atomic mass is 10.1. The van der Waals surface area contributed by atoms with E-state index in [1.807, 2.05) is 0 Å². The largest absolute Gasteiger partial charge is 0.481 e. The summed E-state index contributed by atoms with van der Waals surface area (Å²) in [5.74, 6) is -2.69. The van der Waals surface area contributed by atoms with Crippen molar-refractivity contribution in [3.8, 4) is 0 Å². The highest BCUT2D eigenvalue weighted by Crippen LogP contribution is 2.18. The van der Waals surface area contributed by atoms with Crippen molar-refractivity contribution < 1.29 is 23.7 Å². The number of rotatable bonds is 5. The Morgan fingerprint density at radius 1 is 1.50 bits per heavy atom. The summed E-state index contributed by atoms with van der Waals surface area (Å²) in [7, 11) is 0. The van der Waals surface area contributed by atoms with Crippen molar-refractivity contribution in [2.75, 3.05) is 0 Å². The van der Waals surface area contributed by atoms with Gasteiger partial charge in [-0.05, 0) is 0 Å². The molecule has 0 rings (SSSR count). The van der Waals surface area contributed by atoms with Crippen molar-refractivity contribution in [1.29, 1.82) is 0 Å². The van der Waals surface area contributed by atoms with E-state index in [4.69, 9.17) is 15.9 Å². The fourth-order valence-corrected chi connectivity index (χ4v) is 0.978. The monoisotopic (exact) mass is 197 g/mol. The van der Waals surface area contributed by atoms with Crippen LogP contribution < -0.4 is 5.73 Å². The molecule has 0 saturated carbocycles. The molecule has 5 nitrogen and oxygen atoms in total. The van der Waals surface area contributed by atoms with Gasteiger partial charge in [-0.25, -0.2) is 0 Å². The van der Waals surface area contributed by atoms with E-state index >= 15 is 0 Å². The van der Waals surface area contributed by atoms with Crippen molar-refractivity contribution in [3.63, 3.8) is 0 Å². The number of carboxylic acids is 2. The van der Waals surface area contributed by atoms with E-state index in [0.717, 1.165) is 0 Å². The van der Waals surface area contributed by atoms with Crippen LogP contribution in [0.25, 0.3) is 0 Å². The zero-order valence-corrected chi connectivity index (χ0v) is 6.75. The van der Waals surface area contributed by atoms with Gasteiger partial charge in [-0.3, -0.25) is 9.59 Å². The lowest BCUT2D eigenvalue weighted by Crippen LogP contribution is -2.40. The Labute approximate surface area is 72.0 Å². The number of aliphatic carboxylic acids is 2. The van der Waals surface area contributed by atoms with Gasteiger partial charge in [0.25, 0.3) is 0 Å². The van der Waals surface area contributed by atoms with Crippen LogP contribution in [0.15, 0.2) is 0 Å². The second-order valence-electron chi connectivity index (χ2n) is 2.09. The highest BCUT2D eigenvalue weighted by molar-refractivity contribution is 7.95. The number of nitrogens with two attached hydrogens (primary N) is 1. The first-order valence-corrected chi connectivity index (χ1v) is 3.74. The molecule has 4 N–H and O–H groups in total. The van der Waals surface area contributed by atoms with E-state index in [1.165, 1.54) is 0 Å². The smallest absolute Gasteiger partial charge is 0.321 e. The first kappa shape index (κ1) is 11.2. The van der Waals surface area contributed by atoms with Gasteiger partial charge in [0.2, 0.25) is 0 Å². The Bertz CT molecular complexity index is 188. The highest BCUT2D eigenvalue weighted by Gasteiger charge is 2.27. The molecule has 0 aromatic heterocycles. The van der Waals surface area contributed by atoms with E-state index in [9.17, 15) is 13.5 Å². The first-order chi connectivity index (χ1) is 5.49. The second-order valence-corrected chi connectivity index (χ2v) is 2.87.